The number of aliphatic hydroxyl groups is 1. The molecule has 0 saturated carbocycles. The Hall–Kier alpha value is -0.410. The average molecular weight is 396 g/mol. The van der Waals surface area contributed by atoms with Gasteiger partial charge in [-0.15, -0.1) is 0 Å². The molecule has 1 N–H and O–H groups in total. The van der Waals surface area contributed by atoms with Gasteiger partial charge in [-0.05, 0) is 32.2 Å². The van der Waals surface area contributed by atoms with Gasteiger partial charge in [0.25, 0.3) is 0 Å². The zero-order valence-corrected chi connectivity index (χ0v) is 18.9. The lowest BCUT2D eigenvalue weighted by Gasteiger charge is -2.34. The average Bonchev–Trinajstić information content (AvgIpc) is 2.70. The summed E-state index contributed by atoms with van der Waals surface area (Å²) in [7, 11) is 0. The minimum atomic E-state index is 0.244. The Labute approximate surface area is 175 Å². The number of unbranched alkanes of at least 4 members (excludes halogenated alkanes) is 13. The van der Waals surface area contributed by atoms with Crippen LogP contribution in [0.4, 0.5) is 0 Å². The molecule has 1 heterocycles. The minimum Gasteiger partial charge on any atom is -0.396 e. The van der Waals surface area contributed by atoms with Gasteiger partial charge in [0, 0.05) is 19.1 Å². The van der Waals surface area contributed by atoms with E-state index in [-0.39, 0.29) is 6.61 Å². The van der Waals surface area contributed by atoms with Gasteiger partial charge in [-0.25, -0.2) is 0 Å². The van der Waals surface area contributed by atoms with Crippen molar-refractivity contribution in [3.8, 4) is 0 Å². The van der Waals surface area contributed by atoms with E-state index in [2.05, 4.69) is 11.8 Å². The van der Waals surface area contributed by atoms with Crippen LogP contribution in [-0.4, -0.2) is 41.5 Å². The van der Waals surface area contributed by atoms with Crippen molar-refractivity contribution in [1.29, 1.82) is 0 Å². The van der Waals surface area contributed by atoms with Crippen molar-refractivity contribution in [3.05, 3.63) is 0 Å². The maximum absolute atomic E-state index is 12.3. The lowest BCUT2D eigenvalue weighted by molar-refractivity contribution is -0.121. The first-order valence-corrected chi connectivity index (χ1v) is 12.6. The van der Waals surface area contributed by atoms with Gasteiger partial charge in [-0.2, -0.15) is 0 Å². The number of ketones is 1. The second-order valence-electron chi connectivity index (χ2n) is 9.02. The molecule has 1 fully saturated rings. The largest absolute Gasteiger partial charge is 0.396 e. The topological polar surface area (TPSA) is 40.5 Å². The fourth-order valence-corrected chi connectivity index (χ4v) is 4.57. The first-order chi connectivity index (χ1) is 13.8. The van der Waals surface area contributed by atoms with Gasteiger partial charge in [-0.1, -0.05) is 96.8 Å². The molecule has 3 nitrogen and oxygen atoms in total. The third-order valence-electron chi connectivity index (χ3n) is 6.40. The van der Waals surface area contributed by atoms with E-state index in [9.17, 15) is 9.90 Å². The molecule has 0 amide bonds. The molecule has 3 heteroatoms. The Bertz CT molecular complexity index is 356. The summed E-state index contributed by atoms with van der Waals surface area (Å²) in [5, 5.41) is 9.20. The maximum atomic E-state index is 12.3. The molecule has 166 valence electrons. The fraction of sp³-hybridized carbons (Fsp3) is 0.960. The molecule has 0 aliphatic carbocycles. The molecule has 0 radical (unpaired) electrons. The van der Waals surface area contributed by atoms with E-state index in [1.807, 2.05) is 0 Å². The fourth-order valence-electron chi connectivity index (χ4n) is 4.57. The number of hydrogen-bond acceptors (Lipinski definition) is 3. The van der Waals surface area contributed by atoms with Crippen LogP contribution in [0.5, 0.6) is 0 Å². The summed E-state index contributed by atoms with van der Waals surface area (Å²) < 4.78 is 0. The number of likely N-dealkylation sites (tertiary alicyclic amines) is 1. The van der Waals surface area contributed by atoms with Gasteiger partial charge in [0.1, 0.15) is 5.78 Å². The van der Waals surface area contributed by atoms with Crippen LogP contribution in [0.3, 0.4) is 0 Å². The van der Waals surface area contributed by atoms with E-state index in [0.717, 1.165) is 32.2 Å². The normalized spacial score (nSPS) is 17.9. The van der Waals surface area contributed by atoms with Crippen LogP contribution >= 0.6 is 0 Å². The Kier molecular flexibility index (Phi) is 17.0. The number of carbonyl (C=O) groups excluding carboxylic acids is 1. The molecule has 1 atom stereocenters. The molecule has 1 rings (SSSR count). The SMILES string of the molecule is CCCCCCCCCCCCCCCCC(=O)CN1CCCCC1CCO. The standard InChI is InChI=1S/C25H49NO2/c1-2-3-4-5-6-7-8-9-10-11-12-13-14-15-19-25(28)23-26-21-17-16-18-24(26)20-22-27/h24,27H,2-23H2,1H3. The Morgan fingerprint density at radius 2 is 1.36 bits per heavy atom. The first-order valence-electron chi connectivity index (χ1n) is 12.6. The third kappa shape index (κ3) is 13.7. The van der Waals surface area contributed by atoms with Crippen molar-refractivity contribution in [1.82, 2.24) is 4.90 Å². The zero-order chi connectivity index (χ0) is 20.3. The highest BCUT2D eigenvalue weighted by atomic mass is 16.3. The molecule has 0 aromatic carbocycles. The van der Waals surface area contributed by atoms with Crippen molar-refractivity contribution in [2.24, 2.45) is 0 Å². The molecule has 1 saturated heterocycles. The van der Waals surface area contributed by atoms with Crippen molar-refractivity contribution in [3.63, 3.8) is 0 Å². The number of piperidine rings is 1. The Morgan fingerprint density at radius 3 is 1.89 bits per heavy atom. The number of carbonyl (C=O) groups is 1. The van der Waals surface area contributed by atoms with Gasteiger partial charge in [0.05, 0.1) is 6.54 Å². The maximum Gasteiger partial charge on any atom is 0.146 e. The van der Waals surface area contributed by atoms with Crippen LogP contribution in [0, 0.1) is 0 Å². The number of Topliss-reactive ketones (excluding diaryl/α,β-unsaturated/α-hetero) is 1. The lowest BCUT2D eigenvalue weighted by atomic mass is 9.98. The molecule has 1 aliphatic heterocycles. The molecule has 28 heavy (non-hydrogen) atoms. The van der Waals surface area contributed by atoms with Crippen molar-refractivity contribution >= 4 is 5.78 Å². The second-order valence-corrected chi connectivity index (χ2v) is 9.02. The predicted molar refractivity (Wildman–Crippen MR) is 121 cm³/mol. The molecule has 0 bridgehead atoms. The Morgan fingerprint density at radius 1 is 0.821 bits per heavy atom. The number of rotatable bonds is 19. The molecular weight excluding hydrogens is 346 g/mol. The predicted octanol–water partition coefficient (Wildman–Crippen LogP) is 6.66. The van der Waals surface area contributed by atoms with Crippen LogP contribution in [0.1, 0.15) is 129 Å². The van der Waals surface area contributed by atoms with Gasteiger partial charge < -0.3 is 5.11 Å². The molecule has 1 unspecified atom stereocenters. The summed E-state index contributed by atoms with van der Waals surface area (Å²) in [5.74, 6) is 0.406. The van der Waals surface area contributed by atoms with Crippen molar-refractivity contribution in [2.45, 2.75) is 135 Å². The van der Waals surface area contributed by atoms with E-state index < -0.39 is 0 Å². The summed E-state index contributed by atoms with van der Waals surface area (Å²) in [6.07, 6.45) is 24.2. The monoisotopic (exact) mass is 395 g/mol. The molecule has 0 aromatic rings. The molecule has 1 aliphatic rings. The number of nitrogens with zero attached hydrogens (tertiary/aromatic N) is 1. The summed E-state index contributed by atoms with van der Waals surface area (Å²) in [4.78, 5) is 14.6. The smallest absolute Gasteiger partial charge is 0.146 e. The first kappa shape index (κ1) is 25.6. The van der Waals surface area contributed by atoms with Gasteiger partial charge in [0.2, 0.25) is 0 Å². The third-order valence-corrected chi connectivity index (χ3v) is 6.40. The van der Waals surface area contributed by atoms with Crippen molar-refractivity contribution < 1.29 is 9.90 Å². The number of hydrogen-bond donors (Lipinski definition) is 1. The van der Waals surface area contributed by atoms with E-state index >= 15 is 0 Å². The lowest BCUT2D eigenvalue weighted by Crippen LogP contribution is -2.42. The summed E-state index contributed by atoms with van der Waals surface area (Å²) >= 11 is 0. The van der Waals surface area contributed by atoms with Gasteiger partial charge in [0.15, 0.2) is 0 Å². The quantitative estimate of drug-likeness (QED) is 0.248. The number of aliphatic hydroxyl groups excluding tert-OH is 1. The molecular formula is C25H49NO2. The van der Waals surface area contributed by atoms with E-state index in [4.69, 9.17) is 0 Å². The second kappa shape index (κ2) is 18.6. The summed E-state index contributed by atoms with van der Waals surface area (Å²) in [6.45, 7) is 4.18. The van der Waals surface area contributed by atoms with Gasteiger partial charge in [-0.3, -0.25) is 9.69 Å². The van der Waals surface area contributed by atoms with Crippen LogP contribution in [0.15, 0.2) is 0 Å². The molecule has 0 aromatic heterocycles. The molecule has 0 spiro atoms. The van der Waals surface area contributed by atoms with Crippen LogP contribution in [0.25, 0.3) is 0 Å². The van der Waals surface area contributed by atoms with Crippen molar-refractivity contribution in [2.75, 3.05) is 19.7 Å². The zero-order valence-electron chi connectivity index (χ0n) is 18.9. The minimum absolute atomic E-state index is 0.244. The van der Waals surface area contributed by atoms with Crippen LogP contribution < -0.4 is 0 Å². The highest BCUT2D eigenvalue weighted by molar-refractivity contribution is 5.80. The Balaban J connectivity index is 1.87. The highest BCUT2D eigenvalue weighted by Crippen LogP contribution is 2.20. The van der Waals surface area contributed by atoms with E-state index in [0.29, 0.717) is 18.4 Å². The van der Waals surface area contributed by atoms with Crippen LogP contribution in [-0.2, 0) is 4.79 Å². The van der Waals surface area contributed by atoms with Crippen LogP contribution in [0.2, 0.25) is 0 Å². The van der Waals surface area contributed by atoms with E-state index in [1.165, 1.54) is 96.3 Å². The van der Waals surface area contributed by atoms with E-state index in [1.54, 1.807) is 0 Å². The summed E-state index contributed by atoms with van der Waals surface area (Å²) in [6, 6.07) is 0.430. The van der Waals surface area contributed by atoms with Gasteiger partial charge >= 0.3 is 0 Å². The highest BCUT2D eigenvalue weighted by Gasteiger charge is 2.23. The summed E-state index contributed by atoms with van der Waals surface area (Å²) in [5.41, 5.74) is 0.